The zero-order chi connectivity index (χ0) is 15.5. The van der Waals surface area contributed by atoms with Crippen LogP contribution in [0.15, 0.2) is 36.5 Å². The van der Waals surface area contributed by atoms with Crippen molar-refractivity contribution in [1.29, 1.82) is 0 Å². The molecule has 0 unspecified atom stereocenters. The van der Waals surface area contributed by atoms with Crippen molar-refractivity contribution in [1.82, 2.24) is 14.7 Å². The highest BCUT2D eigenvalue weighted by molar-refractivity contribution is 5.22. The predicted molar refractivity (Wildman–Crippen MR) is 84.8 cm³/mol. The van der Waals surface area contributed by atoms with Crippen molar-refractivity contribution in [3.8, 4) is 5.75 Å². The maximum atomic E-state index is 10.2. The third-order valence-electron chi connectivity index (χ3n) is 4.11. The minimum absolute atomic E-state index is 0.177. The molecule has 2 heterocycles. The van der Waals surface area contributed by atoms with Gasteiger partial charge in [0.2, 0.25) is 0 Å². The number of likely N-dealkylation sites (tertiary alicyclic amines) is 1. The Balaban J connectivity index is 1.61. The lowest BCUT2D eigenvalue weighted by molar-refractivity contribution is 0.0737. The Morgan fingerprint density at radius 1 is 1.27 bits per heavy atom. The highest BCUT2D eigenvalue weighted by Crippen LogP contribution is 2.20. The van der Waals surface area contributed by atoms with E-state index in [1.165, 1.54) is 5.56 Å². The summed E-state index contributed by atoms with van der Waals surface area (Å²) in [6, 6.07) is 9.68. The molecule has 22 heavy (non-hydrogen) atoms. The van der Waals surface area contributed by atoms with Gasteiger partial charge in [-0.3, -0.25) is 9.58 Å². The van der Waals surface area contributed by atoms with E-state index in [2.05, 4.69) is 23.1 Å². The van der Waals surface area contributed by atoms with Gasteiger partial charge in [0.15, 0.2) is 0 Å². The summed E-state index contributed by atoms with van der Waals surface area (Å²) >= 11 is 0. The average Bonchev–Trinajstić information content (AvgIpc) is 3.04. The highest BCUT2D eigenvalue weighted by Gasteiger charge is 2.33. The van der Waals surface area contributed by atoms with Gasteiger partial charge in [0, 0.05) is 37.9 Å². The fourth-order valence-electron chi connectivity index (χ4n) is 2.87. The zero-order valence-corrected chi connectivity index (χ0v) is 13.1. The second-order valence-electron chi connectivity index (χ2n) is 5.83. The van der Waals surface area contributed by atoms with Crippen molar-refractivity contribution in [3.63, 3.8) is 0 Å². The van der Waals surface area contributed by atoms with Gasteiger partial charge >= 0.3 is 0 Å². The predicted octanol–water partition coefficient (Wildman–Crippen LogP) is 1.84. The number of hydrogen-bond donors (Lipinski definition) is 1. The van der Waals surface area contributed by atoms with E-state index < -0.39 is 6.10 Å². The normalized spacial score (nSPS) is 22.1. The summed E-state index contributed by atoms with van der Waals surface area (Å²) in [7, 11) is 0. The Hall–Kier alpha value is -1.85. The lowest BCUT2D eigenvalue weighted by atomic mass is 10.2. The smallest absolute Gasteiger partial charge is 0.138 e. The molecule has 2 aromatic rings. The number of para-hydroxylation sites is 1. The second-order valence-corrected chi connectivity index (χ2v) is 5.83. The number of aryl methyl sites for hydroxylation is 2. The SMILES string of the molecule is CCn1cc(CN2C[C@@H](O)[C@H](Oc3ccccc3)C2)c(C)n1. The van der Waals surface area contributed by atoms with E-state index in [1.54, 1.807) is 0 Å². The van der Waals surface area contributed by atoms with Crippen LogP contribution in [0.3, 0.4) is 0 Å². The van der Waals surface area contributed by atoms with E-state index in [-0.39, 0.29) is 6.10 Å². The lowest BCUT2D eigenvalue weighted by Gasteiger charge is -2.17. The van der Waals surface area contributed by atoms with Gasteiger partial charge in [-0.15, -0.1) is 0 Å². The van der Waals surface area contributed by atoms with Crippen molar-refractivity contribution in [2.45, 2.75) is 39.1 Å². The minimum atomic E-state index is -0.457. The molecule has 2 atom stereocenters. The molecule has 0 spiro atoms. The number of aromatic nitrogens is 2. The van der Waals surface area contributed by atoms with Crippen LogP contribution in [0.5, 0.6) is 5.75 Å². The van der Waals surface area contributed by atoms with Crippen LogP contribution in [-0.2, 0) is 13.1 Å². The first kappa shape index (κ1) is 15.1. The minimum Gasteiger partial charge on any atom is -0.486 e. The molecular formula is C17H23N3O2. The van der Waals surface area contributed by atoms with Crippen molar-refractivity contribution in [2.24, 2.45) is 0 Å². The van der Waals surface area contributed by atoms with Crippen molar-refractivity contribution >= 4 is 0 Å². The molecule has 118 valence electrons. The van der Waals surface area contributed by atoms with E-state index >= 15 is 0 Å². The lowest BCUT2D eigenvalue weighted by Crippen LogP contribution is -2.29. The molecule has 0 radical (unpaired) electrons. The first-order chi connectivity index (χ1) is 10.7. The van der Waals surface area contributed by atoms with E-state index in [9.17, 15) is 5.11 Å². The fourth-order valence-corrected chi connectivity index (χ4v) is 2.87. The van der Waals surface area contributed by atoms with Gasteiger partial charge in [0.1, 0.15) is 18.0 Å². The Bertz CT molecular complexity index is 612. The number of ether oxygens (including phenoxy) is 1. The third kappa shape index (κ3) is 3.31. The molecule has 1 aliphatic rings. The molecule has 1 aromatic heterocycles. The van der Waals surface area contributed by atoms with Crippen LogP contribution >= 0.6 is 0 Å². The van der Waals surface area contributed by atoms with Crippen LogP contribution in [-0.4, -0.2) is 45.1 Å². The molecule has 1 aliphatic heterocycles. The van der Waals surface area contributed by atoms with Gasteiger partial charge in [-0.05, 0) is 26.0 Å². The standard InChI is InChI=1S/C17H23N3O2/c1-3-20-10-14(13(2)18-20)9-19-11-16(21)17(12-19)22-15-7-5-4-6-8-15/h4-8,10,16-17,21H,3,9,11-12H2,1-2H3/t16-,17-/m1/s1. The van der Waals surface area contributed by atoms with Crippen molar-refractivity contribution < 1.29 is 9.84 Å². The highest BCUT2D eigenvalue weighted by atomic mass is 16.5. The topological polar surface area (TPSA) is 50.5 Å². The number of aliphatic hydroxyl groups excluding tert-OH is 1. The molecule has 5 heteroatoms. The van der Waals surface area contributed by atoms with Gasteiger partial charge < -0.3 is 9.84 Å². The number of β-amino-alcohol motifs (C(OH)–C–C–N with tert-alkyl or cyclic N) is 1. The van der Waals surface area contributed by atoms with Crippen LogP contribution in [0.4, 0.5) is 0 Å². The Morgan fingerprint density at radius 3 is 2.73 bits per heavy atom. The zero-order valence-electron chi connectivity index (χ0n) is 13.1. The van der Waals surface area contributed by atoms with Crippen molar-refractivity contribution in [2.75, 3.05) is 13.1 Å². The molecular weight excluding hydrogens is 278 g/mol. The summed E-state index contributed by atoms with van der Waals surface area (Å²) in [5.74, 6) is 0.809. The van der Waals surface area contributed by atoms with E-state index in [0.717, 1.165) is 31.1 Å². The third-order valence-corrected chi connectivity index (χ3v) is 4.11. The van der Waals surface area contributed by atoms with Crippen LogP contribution in [0.2, 0.25) is 0 Å². The monoisotopic (exact) mass is 301 g/mol. The van der Waals surface area contributed by atoms with Crippen LogP contribution in [0, 0.1) is 6.92 Å². The largest absolute Gasteiger partial charge is 0.486 e. The number of benzene rings is 1. The summed E-state index contributed by atoms with van der Waals surface area (Å²) in [6.45, 7) is 7.16. The van der Waals surface area contributed by atoms with Gasteiger partial charge in [-0.1, -0.05) is 18.2 Å². The summed E-state index contributed by atoms with van der Waals surface area (Å²) in [4.78, 5) is 2.22. The number of nitrogens with zero attached hydrogens (tertiary/aromatic N) is 3. The Kier molecular flexibility index (Phi) is 4.45. The maximum absolute atomic E-state index is 10.2. The summed E-state index contributed by atoms with van der Waals surface area (Å²) in [5, 5.41) is 14.7. The molecule has 0 amide bonds. The van der Waals surface area contributed by atoms with E-state index in [4.69, 9.17) is 4.74 Å². The number of hydrogen-bond acceptors (Lipinski definition) is 4. The first-order valence-corrected chi connectivity index (χ1v) is 7.80. The molecule has 0 saturated carbocycles. The molecule has 3 rings (SSSR count). The van der Waals surface area contributed by atoms with Crippen molar-refractivity contribution in [3.05, 3.63) is 47.8 Å². The van der Waals surface area contributed by atoms with Gasteiger partial charge in [0.25, 0.3) is 0 Å². The fraction of sp³-hybridized carbons (Fsp3) is 0.471. The maximum Gasteiger partial charge on any atom is 0.138 e. The molecule has 0 aliphatic carbocycles. The number of rotatable bonds is 5. The van der Waals surface area contributed by atoms with Crippen LogP contribution in [0.1, 0.15) is 18.2 Å². The van der Waals surface area contributed by atoms with Gasteiger partial charge in [-0.25, -0.2) is 0 Å². The van der Waals surface area contributed by atoms with E-state index in [1.807, 2.05) is 41.9 Å². The van der Waals surface area contributed by atoms with Gasteiger partial charge in [0.05, 0.1) is 5.69 Å². The summed E-state index contributed by atoms with van der Waals surface area (Å²) < 4.78 is 7.85. The molecule has 5 nitrogen and oxygen atoms in total. The summed E-state index contributed by atoms with van der Waals surface area (Å²) in [5.41, 5.74) is 2.28. The first-order valence-electron chi connectivity index (χ1n) is 7.80. The quantitative estimate of drug-likeness (QED) is 0.915. The Labute approximate surface area is 131 Å². The summed E-state index contributed by atoms with van der Waals surface area (Å²) in [6.07, 6.45) is 1.46. The van der Waals surface area contributed by atoms with Crippen LogP contribution < -0.4 is 4.74 Å². The van der Waals surface area contributed by atoms with E-state index in [0.29, 0.717) is 6.54 Å². The van der Waals surface area contributed by atoms with Gasteiger partial charge in [-0.2, -0.15) is 5.10 Å². The molecule has 1 aromatic carbocycles. The molecule has 0 bridgehead atoms. The molecule has 1 saturated heterocycles. The average molecular weight is 301 g/mol. The number of aliphatic hydroxyl groups is 1. The Morgan fingerprint density at radius 2 is 2.05 bits per heavy atom. The molecule has 1 fully saturated rings. The van der Waals surface area contributed by atoms with Crippen LogP contribution in [0.25, 0.3) is 0 Å². The molecule has 1 N–H and O–H groups in total. The second kappa shape index (κ2) is 6.50.